The number of primary amides is 1. The smallest absolute Gasteiger partial charge is 0.274 e. The maximum absolute atomic E-state index is 13.3. The van der Waals surface area contributed by atoms with Crippen molar-refractivity contribution in [3.05, 3.63) is 54.3 Å². The van der Waals surface area contributed by atoms with Crippen molar-refractivity contribution in [1.29, 1.82) is 0 Å². The zero-order valence-corrected chi connectivity index (χ0v) is 18.1. The Morgan fingerprint density at radius 2 is 1.71 bits per heavy atom. The highest BCUT2D eigenvalue weighted by atomic mass is 32.2. The molecule has 0 radical (unpaired) electrons. The van der Waals surface area contributed by atoms with Crippen LogP contribution in [0.3, 0.4) is 0 Å². The Balaban J connectivity index is 1.95. The summed E-state index contributed by atoms with van der Waals surface area (Å²) in [6.07, 6.45) is 1.10. The van der Waals surface area contributed by atoms with Crippen LogP contribution in [0.15, 0.2) is 58.5 Å². The van der Waals surface area contributed by atoms with E-state index in [2.05, 4.69) is 5.10 Å². The van der Waals surface area contributed by atoms with Crippen LogP contribution in [-0.2, 0) is 19.4 Å². The van der Waals surface area contributed by atoms with Gasteiger partial charge in [-0.3, -0.25) is 14.6 Å². The molecule has 8 nitrogen and oxygen atoms in total. The Bertz CT molecular complexity index is 1130. The molecular formula is C21H23FN4O4S. The van der Waals surface area contributed by atoms with E-state index in [1.165, 1.54) is 46.3 Å². The summed E-state index contributed by atoms with van der Waals surface area (Å²) in [6, 6.07) is 10.2. The summed E-state index contributed by atoms with van der Waals surface area (Å²) in [4.78, 5) is 26.9. The molecule has 0 aromatic heterocycles. The van der Waals surface area contributed by atoms with E-state index >= 15 is 0 Å². The summed E-state index contributed by atoms with van der Waals surface area (Å²) in [5.74, 6) is -1.54. The van der Waals surface area contributed by atoms with Crippen LogP contribution in [-0.4, -0.2) is 44.3 Å². The maximum Gasteiger partial charge on any atom is 0.274 e. The van der Waals surface area contributed by atoms with Crippen LogP contribution in [0.5, 0.6) is 0 Å². The number of nitrogens with two attached hydrogens (primary N) is 1. The number of hydrogen-bond acceptors (Lipinski definition) is 6. The number of hydrogen-bond donors (Lipinski definition) is 1. The summed E-state index contributed by atoms with van der Waals surface area (Å²) in [6.45, 7) is 3.61. The van der Waals surface area contributed by atoms with E-state index in [4.69, 9.17) is 5.73 Å². The first-order valence-corrected chi connectivity index (χ1v) is 11.4. The van der Waals surface area contributed by atoms with Crippen molar-refractivity contribution in [2.45, 2.75) is 37.2 Å². The minimum atomic E-state index is -3.37. The molecule has 31 heavy (non-hydrogen) atoms. The second-order valence-electron chi connectivity index (χ2n) is 7.52. The Morgan fingerprint density at radius 1 is 1.13 bits per heavy atom. The minimum absolute atomic E-state index is 0.00378. The number of amides is 2. The number of benzene rings is 2. The van der Waals surface area contributed by atoms with Crippen molar-refractivity contribution in [3.63, 3.8) is 0 Å². The van der Waals surface area contributed by atoms with Gasteiger partial charge in [0.05, 0.1) is 10.6 Å². The first-order valence-electron chi connectivity index (χ1n) is 9.54. The topological polar surface area (TPSA) is 113 Å². The number of carbonyl (C=O) groups is 2. The quantitative estimate of drug-likeness (QED) is 0.730. The number of nitrogens with zero attached hydrogens (tertiary/aromatic N) is 3. The van der Waals surface area contributed by atoms with Crippen molar-refractivity contribution >= 4 is 38.7 Å². The Labute approximate surface area is 180 Å². The lowest BCUT2D eigenvalue weighted by atomic mass is 10.1. The molecule has 10 heteroatoms. The molecule has 1 aliphatic heterocycles. The fourth-order valence-corrected chi connectivity index (χ4v) is 3.97. The van der Waals surface area contributed by atoms with Crippen LogP contribution in [0.2, 0.25) is 0 Å². The summed E-state index contributed by atoms with van der Waals surface area (Å²) >= 11 is 0. The SMILES string of the molecule is CC(C)N(C(=O)C1=NN(c2ccc(F)cc2)C(C(N)=O)C1)c1ccc(S(C)(=O)=O)cc1. The number of sulfone groups is 1. The van der Waals surface area contributed by atoms with Gasteiger partial charge in [-0.1, -0.05) is 0 Å². The van der Waals surface area contributed by atoms with E-state index in [0.717, 1.165) is 6.26 Å². The average molecular weight is 447 g/mol. The number of anilines is 2. The normalized spacial score (nSPS) is 16.4. The van der Waals surface area contributed by atoms with Gasteiger partial charge in [-0.05, 0) is 62.4 Å². The Kier molecular flexibility index (Phi) is 6.12. The molecule has 0 fully saturated rings. The van der Waals surface area contributed by atoms with Crippen LogP contribution >= 0.6 is 0 Å². The second-order valence-corrected chi connectivity index (χ2v) is 9.54. The van der Waals surface area contributed by atoms with Crippen LogP contribution < -0.4 is 15.6 Å². The molecule has 1 aliphatic rings. The van der Waals surface area contributed by atoms with Gasteiger partial charge in [0.2, 0.25) is 5.91 Å². The van der Waals surface area contributed by atoms with Gasteiger partial charge >= 0.3 is 0 Å². The molecule has 2 aromatic carbocycles. The van der Waals surface area contributed by atoms with E-state index in [9.17, 15) is 22.4 Å². The molecule has 164 valence electrons. The number of halogens is 1. The zero-order chi connectivity index (χ0) is 22.9. The predicted octanol–water partition coefficient (Wildman–Crippen LogP) is 2.09. The third-order valence-corrected chi connectivity index (χ3v) is 5.98. The van der Waals surface area contributed by atoms with Gasteiger partial charge in [-0.2, -0.15) is 5.10 Å². The highest BCUT2D eigenvalue weighted by Gasteiger charge is 2.37. The lowest BCUT2D eigenvalue weighted by Gasteiger charge is -2.27. The molecule has 3 rings (SSSR count). The van der Waals surface area contributed by atoms with E-state index in [0.29, 0.717) is 11.4 Å². The first-order chi connectivity index (χ1) is 14.5. The third-order valence-electron chi connectivity index (χ3n) is 4.86. The van der Waals surface area contributed by atoms with E-state index in [1.807, 2.05) is 0 Å². The molecule has 0 bridgehead atoms. The average Bonchev–Trinajstić information content (AvgIpc) is 3.14. The number of rotatable bonds is 6. The highest BCUT2D eigenvalue weighted by Crippen LogP contribution is 2.27. The van der Waals surface area contributed by atoms with Crippen molar-refractivity contribution in [2.75, 3.05) is 16.2 Å². The number of carbonyl (C=O) groups excluding carboxylic acids is 2. The van der Waals surface area contributed by atoms with Crippen LogP contribution in [0.4, 0.5) is 15.8 Å². The molecule has 0 aliphatic carbocycles. The minimum Gasteiger partial charge on any atom is -0.368 e. The third kappa shape index (κ3) is 4.74. The van der Waals surface area contributed by atoms with E-state index < -0.39 is 33.5 Å². The molecule has 0 spiro atoms. The lowest BCUT2D eigenvalue weighted by molar-refractivity contribution is -0.119. The molecule has 2 N–H and O–H groups in total. The maximum atomic E-state index is 13.3. The summed E-state index contributed by atoms with van der Waals surface area (Å²) in [7, 11) is -3.37. The molecule has 1 heterocycles. The van der Waals surface area contributed by atoms with Gasteiger partial charge in [0.1, 0.15) is 17.6 Å². The largest absolute Gasteiger partial charge is 0.368 e. The van der Waals surface area contributed by atoms with Gasteiger partial charge in [0.15, 0.2) is 9.84 Å². The molecule has 1 unspecified atom stereocenters. The van der Waals surface area contributed by atoms with Gasteiger partial charge in [0, 0.05) is 24.4 Å². The second kappa shape index (κ2) is 8.46. The van der Waals surface area contributed by atoms with Crippen LogP contribution in [0.25, 0.3) is 0 Å². The van der Waals surface area contributed by atoms with Crippen molar-refractivity contribution in [2.24, 2.45) is 10.8 Å². The van der Waals surface area contributed by atoms with Gasteiger partial charge in [-0.15, -0.1) is 0 Å². The lowest BCUT2D eigenvalue weighted by Crippen LogP contribution is -2.42. The van der Waals surface area contributed by atoms with Crippen molar-refractivity contribution < 1.29 is 22.4 Å². The zero-order valence-electron chi connectivity index (χ0n) is 17.3. The molecule has 0 saturated heterocycles. The Hall–Kier alpha value is -3.27. The molecule has 2 aromatic rings. The standard InChI is InChI=1S/C21H23FN4O4S/c1-13(2)25(15-8-10-17(11-9-15)31(3,29)30)21(28)18-12-19(20(23)27)26(24-18)16-6-4-14(22)5-7-16/h4-11,13,19H,12H2,1-3H3,(H2,23,27). The summed E-state index contributed by atoms with van der Waals surface area (Å²) in [5.41, 5.74) is 6.56. The van der Waals surface area contributed by atoms with Crippen LogP contribution in [0.1, 0.15) is 20.3 Å². The molecule has 2 amide bonds. The van der Waals surface area contributed by atoms with Gasteiger partial charge in [0.25, 0.3) is 5.91 Å². The first kappa shape index (κ1) is 22.4. The Morgan fingerprint density at radius 3 is 2.19 bits per heavy atom. The van der Waals surface area contributed by atoms with Gasteiger partial charge in [-0.25, -0.2) is 12.8 Å². The molecule has 0 saturated carbocycles. The summed E-state index contributed by atoms with van der Waals surface area (Å²) in [5, 5.41) is 5.64. The number of hydrazone groups is 1. The summed E-state index contributed by atoms with van der Waals surface area (Å²) < 4.78 is 36.7. The van der Waals surface area contributed by atoms with Crippen molar-refractivity contribution in [1.82, 2.24) is 0 Å². The van der Waals surface area contributed by atoms with Gasteiger partial charge < -0.3 is 10.6 Å². The van der Waals surface area contributed by atoms with E-state index in [-0.39, 0.29) is 23.1 Å². The van der Waals surface area contributed by atoms with Crippen LogP contribution in [0, 0.1) is 5.82 Å². The molecule has 1 atom stereocenters. The predicted molar refractivity (Wildman–Crippen MR) is 116 cm³/mol. The van der Waals surface area contributed by atoms with Crippen molar-refractivity contribution in [3.8, 4) is 0 Å². The highest BCUT2D eigenvalue weighted by molar-refractivity contribution is 7.90. The monoisotopic (exact) mass is 446 g/mol. The van der Waals surface area contributed by atoms with E-state index in [1.54, 1.807) is 26.0 Å². The fraction of sp³-hybridized carbons (Fsp3) is 0.286. The molecular weight excluding hydrogens is 423 g/mol. The fourth-order valence-electron chi connectivity index (χ4n) is 3.34.